The summed E-state index contributed by atoms with van der Waals surface area (Å²) in [5.41, 5.74) is 3.86. The van der Waals surface area contributed by atoms with Gasteiger partial charge in [-0.1, -0.05) is 37.6 Å². The predicted molar refractivity (Wildman–Crippen MR) is 122 cm³/mol. The molecule has 0 aliphatic heterocycles. The number of hydrogen-bond donors (Lipinski definition) is 1. The van der Waals surface area contributed by atoms with Gasteiger partial charge in [0.15, 0.2) is 6.61 Å². The number of carbonyl (C=O) groups is 1. The molecule has 0 radical (unpaired) electrons. The van der Waals surface area contributed by atoms with Gasteiger partial charge in [-0.05, 0) is 48.2 Å². The first-order valence-corrected chi connectivity index (χ1v) is 10.3. The highest BCUT2D eigenvalue weighted by Gasteiger charge is 2.14. The smallest absolute Gasteiger partial charge is 0.277 e. The standard InChI is InChI=1S/C23H22ClN3O5/c1-3-15(2)16-4-7-18(8-5-16)31-14-23(28)26-25-13-19-9-11-22(32-19)20-12-17(27(29)30)6-10-21(20)24/h4-13,15H,3,14H2,1-2H3,(H,26,28)/b25-13+/t15-/m1/s1. The van der Waals surface area contributed by atoms with E-state index in [1.807, 2.05) is 24.3 Å². The first-order valence-electron chi connectivity index (χ1n) is 9.96. The molecular weight excluding hydrogens is 434 g/mol. The highest BCUT2D eigenvalue weighted by Crippen LogP contribution is 2.32. The molecule has 0 spiro atoms. The lowest BCUT2D eigenvalue weighted by Crippen LogP contribution is -2.24. The number of nitro groups is 1. The van der Waals surface area contributed by atoms with Crippen LogP contribution < -0.4 is 10.2 Å². The van der Waals surface area contributed by atoms with Crippen LogP contribution in [0.3, 0.4) is 0 Å². The number of ether oxygens (including phenoxy) is 1. The molecule has 32 heavy (non-hydrogen) atoms. The minimum absolute atomic E-state index is 0.0993. The number of hydrogen-bond acceptors (Lipinski definition) is 6. The van der Waals surface area contributed by atoms with Gasteiger partial charge in [0.05, 0.1) is 16.2 Å². The summed E-state index contributed by atoms with van der Waals surface area (Å²) >= 11 is 6.12. The molecule has 0 bridgehead atoms. The summed E-state index contributed by atoms with van der Waals surface area (Å²) in [6, 6.07) is 14.9. The van der Waals surface area contributed by atoms with Crippen LogP contribution in [0.2, 0.25) is 5.02 Å². The van der Waals surface area contributed by atoms with Gasteiger partial charge in [0.1, 0.15) is 17.3 Å². The van der Waals surface area contributed by atoms with E-state index in [0.717, 1.165) is 6.42 Å². The summed E-state index contributed by atoms with van der Waals surface area (Å²) in [5.74, 6) is 1.32. The fraction of sp³-hybridized carbons (Fsp3) is 0.217. The number of benzene rings is 2. The van der Waals surface area contributed by atoms with Gasteiger partial charge < -0.3 is 9.15 Å². The number of nitro benzene ring substituents is 1. The average molecular weight is 456 g/mol. The number of rotatable bonds is 9. The van der Waals surface area contributed by atoms with E-state index in [-0.39, 0.29) is 12.3 Å². The van der Waals surface area contributed by atoms with Crippen molar-refractivity contribution in [3.63, 3.8) is 0 Å². The third kappa shape index (κ3) is 5.95. The first-order chi connectivity index (χ1) is 15.4. The summed E-state index contributed by atoms with van der Waals surface area (Å²) < 4.78 is 11.1. The van der Waals surface area contributed by atoms with Gasteiger partial charge in [-0.3, -0.25) is 14.9 Å². The number of furan rings is 1. The second kappa shape index (κ2) is 10.6. The summed E-state index contributed by atoms with van der Waals surface area (Å²) in [4.78, 5) is 22.4. The normalized spacial score (nSPS) is 12.0. The molecule has 0 aliphatic rings. The Labute approximate surface area is 190 Å². The molecule has 0 saturated heterocycles. The maximum atomic E-state index is 11.9. The molecule has 9 heteroatoms. The Morgan fingerprint density at radius 3 is 2.69 bits per heavy atom. The third-order valence-electron chi connectivity index (χ3n) is 4.87. The van der Waals surface area contributed by atoms with E-state index in [4.69, 9.17) is 20.8 Å². The van der Waals surface area contributed by atoms with Crippen LogP contribution in [0.4, 0.5) is 5.69 Å². The second-order valence-corrected chi connectivity index (χ2v) is 7.49. The molecule has 3 rings (SSSR count). The van der Waals surface area contributed by atoms with Crippen molar-refractivity contribution in [3.05, 3.63) is 81.1 Å². The van der Waals surface area contributed by atoms with Crippen LogP contribution in [0.15, 0.2) is 64.1 Å². The first kappa shape index (κ1) is 23.0. The Bertz CT molecular complexity index is 1120. The Hall–Kier alpha value is -3.65. The third-order valence-corrected chi connectivity index (χ3v) is 5.20. The topological polar surface area (TPSA) is 107 Å². The van der Waals surface area contributed by atoms with E-state index in [1.54, 1.807) is 12.1 Å². The number of hydrazone groups is 1. The zero-order valence-electron chi connectivity index (χ0n) is 17.6. The predicted octanol–water partition coefficient (Wildman–Crippen LogP) is 5.55. The maximum Gasteiger partial charge on any atom is 0.277 e. The van der Waals surface area contributed by atoms with Crippen LogP contribution in [-0.4, -0.2) is 23.7 Å². The van der Waals surface area contributed by atoms with Gasteiger partial charge in [0.25, 0.3) is 11.6 Å². The molecule has 0 aliphatic carbocycles. The number of amides is 1. The van der Waals surface area contributed by atoms with E-state index in [9.17, 15) is 14.9 Å². The maximum absolute atomic E-state index is 11.9. The molecule has 1 N–H and O–H groups in total. The van der Waals surface area contributed by atoms with E-state index in [2.05, 4.69) is 24.4 Å². The molecule has 3 aromatic rings. The van der Waals surface area contributed by atoms with Crippen molar-refractivity contribution in [1.82, 2.24) is 5.43 Å². The van der Waals surface area contributed by atoms with Crippen molar-refractivity contribution in [2.75, 3.05) is 6.61 Å². The van der Waals surface area contributed by atoms with Crippen LogP contribution in [0, 0.1) is 10.1 Å². The van der Waals surface area contributed by atoms with Crippen molar-refractivity contribution >= 4 is 29.4 Å². The van der Waals surface area contributed by atoms with E-state index >= 15 is 0 Å². The zero-order chi connectivity index (χ0) is 23.1. The molecular formula is C23H22ClN3O5. The van der Waals surface area contributed by atoms with Crippen molar-refractivity contribution in [1.29, 1.82) is 0 Å². The molecule has 2 aromatic carbocycles. The van der Waals surface area contributed by atoms with Gasteiger partial charge in [-0.2, -0.15) is 5.10 Å². The van der Waals surface area contributed by atoms with E-state index in [0.29, 0.717) is 33.8 Å². The Balaban J connectivity index is 1.53. The van der Waals surface area contributed by atoms with Gasteiger partial charge in [-0.25, -0.2) is 5.43 Å². The lowest BCUT2D eigenvalue weighted by molar-refractivity contribution is -0.384. The molecule has 1 amide bonds. The van der Waals surface area contributed by atoms with Crippen LogP contribution in [0.5, 0.6) is 5.75 Å². The Morgan fingerprint density at radius 1 is 1.25 bits per heavy atom. The summed E-state index contributed by atoms with van der Waals surface area (Å²) in [6.07, 6.45) is 2.36. The average Bonchev–Trinajstić information content (AvgIpc) is 3.26. The highest BCUT2D eigenvalue weighted by atomic mass is 35.5. The molecule has 0 unspecified atom stereocenters. The molecule has 0 fully saturated rings. The number of nitrogens with zero attached hydrogens (tertiary/aromatic N) is 2. The Kier molecular flexibility index (Phi) is 7.62. The van der Waals surface area contributed by atoms with Crippen molar-refractivity contribution in [3.8, 4) is 17.1 Å². The number of non-ortho nitro benzene ring substituents is 1. The van der Waals surface area contributed by atoms with E-state index in [1.165, 1.54) is 30.0 Å². The fourth-order valence-corrected chi connectivity index (χ4v) is 3.07. The molecule has 1 aromatic heterocycles. The monoisotopic (exact) mass is 455 g/mol. The van der Waals surface area contributed by atoms with Gasteiger partial charge >= 0.3 is 0 Å². The van der Waals surface area contributed by atoms with Crippen LogP contribution in [0.25, 0.3) is 11.3 Å². The van der Waals surface area contributed by atoms with Gasteiger partial charge in [0.2, 0.25) is 0 Å². The number of halogens is 1. The number of carbonyl (C=O) groups excluding carboxylic acids is 1. The largest absolute Gasteiger partial charge is 0.484 e. The van der Waals surface area contributed by atoms with Crippen LogP contribution >= 0.6 is 11.6 Å². The summed E-state index contributed by atoms with van der Waals surface area (Å²) in [5, 5.41) is 15.1. The fourth-order valence-electron chi connectivity index (χ4n) is 2.86. The number of nitrogens with one attached hydrogen (secondary N) is 1. The van der Waals surface area contributed by atoms with Crippen molar-refractivity contribution < 1.29 is 18.9 Å². The van der Waals surface area contributed by atoms with E-state index < -0.39 is 10.8 Å². The zero-order valence-corrected chi connectivity index (χ0v) is 18.3. The molecule has 166 valence electrons. The summed E-state index contributed by atoms with van der Waals surface area (Å²) in [7, 11) is 0. The molecule has 1 heterocycles. The van der Waals surface area contributed by atoms with Gasteiger partial charge in [-0.15, -0.1) is 0 Å². The lowest BCUT2D eigenvalue weighted by atomic mass is 9.99. The summed E-state index contributed by atoms with van der Waals surface area (Å²) in [6.45, 7) is 4.10. The van der Waals surface area contributed by atoms with Crippen molar-refractivity contribution in [2.24, 2.45) is 5.10 Å². The quantitative estimate of drug-likeness (QED) is 0.258. The minimum atomic E-state index is -0.511. The Morgan fingerprint density at radius 2 is 2.00 bits per heavy atom. The SMILES string of the molecule is CC[C@@H](C)c1ccc(OCC(=O)N/N=C/c2ccc(-c3cc([N+](=O)[O-])ccc3Cl)o2)cc1. The highest BCUT2D eigenvalue weighted by molar-refractivity contribution is 6.33. The van der Waals surface area contributed by atoms with Crippen molar-refractivity contribution in [2.45, 2.75) is 26.2 Å². The lowest BCUT2D eigenvalue weighted by Gasteiger charge is -2.10. The van der Waals surface area contributed by atoms with Crippen LogP contribution in [-0.2, 0) is 4.79 Å². The second-order valence-electron chi connectivity index (χ2n) is 7.08. The van der Waals surface area contributed by atoms with Crippen LogP contribution in [0.1, 0.15) is 37.5 Å². The molecule has 1 atom stereocenters. The minimum Gasteiger partial charge on any atom is -0.484 e. The molecule has 0 saturated carbocycles. The van der Waals surface area contributed by atoms with Gasteiger partial charge in [0, 0.05) is 17.7 Å². The molecule has 8 nitrogen and oxygen atoms in total.